The van der Waals surface area contributed by atoms with Crippen LogP contribution in [0, 0.1) is 16.7 Å². The maximum absolute atomic E-state index is 11.4. The van der Waals surface area contributed by atoms with Gasteiger partial charge in [0.2, 0.25) is 10.0 Å². The molecular weight excluding hydrogens is 200 g/mol. The van der Waals surface area contributed by atoms with E-state index in [1.54, 1.807) is 0 Å². The first-order chi connectivity index (χ1) is 6.16. The van der Waals surface area contributed by atoms with Crippen molar-refractivity contribution in [2.45, 2.75) is 40.2 Å². The average molecular weight is 218 g/mol. The Hall–Kier alpha value is -0.600. The van der Waals surface area contributed by atoms with Crippen LogP contribution in [0.25, 0.3) is 0 Å². The Kier molecular flexibility index (Phi) is 4.56. The molecule has 1 N–H and O–H groups in total. The van der Waals surface area contributed by atoms with Gasteiger partial charge in [0.05, 0.1) is 11.8 Å². The number of nitrogens with zero attached hydrogens (tertiary/aromatic N) is 1. The van der Waals surface area contributed by atoms with E-state index >= 15 is 0 Å². The molecule has 5 heteroatoms. The molecule has 0 radical (unpaired) electrons. The summed E-state index contributed by atoms with van der Waals surface area (Å²) in [6.07, 6.45) is 0.584. The molecule has 14 heavy (non-hydrogen) atoms. The Morgan fingerprint density at radius 2 is 1.93 bits per heavy atom. The normalized spacial score (nSPS) is 14.8. The minimum absolute atomic E-state index is 0.00929. The van der Waals surface area contributed by atoms with Crippen LogP contribution in [0.4, 0.5) is 0 Å². The third-order valence-electron chi connectivity index (χ3n) is 1.67. The molecule has 0 aliphatic rings. The molecule has 0 spiro atoms. The molecule has 0 rings (SSSR count). The topological polar surface area (TPSA) is 70.0 Å². The molecule has 0 saturated carbocycles. The summed E-state index contributed by atoms with van der Waals surface area (Å²) in [5.74, 6) is 0.0719. The second-order valence-electron chi connectivity index (χ2n) is 4.60. The van der Waals surface area contributed by atoms with Gasteiger partial charge in [-0.2, -0.15) is 9.98 Å². The van der Waals surface area contributed by atoms with Gasteiger partial charge in [0.15, 0.2) is 0 Å². The number of hydrogen-bond acceptors (Lipinski definition) is 3. The fourth-order valence-corrected chi connectivity index (χ4v) is 2.39. The van der Waals surface area contributed by atoms with E-state index in [0.717, 1.165) is 0 Å². The summed E-state index contributed by atoms with van der Waals surface area (Å²) in [7, 11) is -3.30. The van der Waals surface area contributed by atoms with Crippen LogP contribution in [0.2, 0.25) is 0 Å². The third kappa shape index (κ3) is 6.87. The summed E-state index contributed by atoms with van der Waals surface area (Å²) in [5, 5.41) is 8.45. The van der Waals surface area contributed by atoms with Crippen molar-refractivity contribution in [3.8, 4) is 6.07 Å². The Labute approximate surface area is 86.4 Å². The van der Waals surface area contributed by atoms with Crippen LogP contribution in [0.15, 0.2) is 0 Å². The molecule has 0 aromatic heterocycles. The van der Waals surface area contributed by atoms with Crippen LogP contribution in [0.3, 0.4) is 0 Å². The zero-order valence-corrected chi connectivity index (χ0v) is 9.98. The summed E-state index contributed by atoms with van der Waals surface area (Å²) < 4.78 is 25.1. The van der Waals surface area contributed by atoms with Gasteiger partial charge in [0.25, 0.3) is 0 Å². The van der Waals surface area contributed by atoms with Gasteiger partial charge in [-0.05, 0) is 18.8 Å². The van der Waals surface area contributed by atoms with Crippen molar-refractivity contribution in [3.05, 3.63) is 0 Å². The van der Waals surface area contributed by atoms with Crippen LogP contribution in [-0.2, 0) is 10.0 Å². The van der Waals surface area contributed by atoms with Crippen molar-refractivity contribution in [3.63, 3.8) is 0 Å². The molecule has 4 nitrogen and oxygen atoms in total. The lowest BCUT2D eigenvalue weighted by Gasteiger charge is -2.18. The smallest absolute Gasteiger partial charge is 0.212 e. The van der Waals surface area contributed by atoms with Crippen molar-refractivity contribution in [1.82, 2.24) is 4.72 Å². The van der Waals surface area contributed by atoms with E-state index in [1.165, 1.54) is 6.92 Å². The summed E-state index contributed by atoms with van der Waals surface area (Å²) in [6.45, 7) is 7.47. The maximum Gasteiger partial charge on any atom is 0.212 e. The highest BCUT2D eigenvalue weighted by molar-refractivity contribution is 7.89. The highest BCUT2D eigenvalue weighted by Gasteiger charge is 2.18. The van der Waals surface area contributed by atoms with Gasteiger partial charge in [0, 0.05) is 0 Å². The Morgan fingerprint density at radius 3 is 2.29 bits per heavy atom. The van der Waals surface area contributed by atoms with E-state index < -0.39 is 16.1 Å². The lowest BCUT2D eigenvalue weighted by atomic mass is 9.94. The number of hydrogen-bond donors (Lipinski definition) is 1. The first-order valence-electron chi connectivity index (χ1n) is 4.56. The molecular formula is C9H18N2O2S. The Morgan fingerprint density at radius 1 is 1.43 bits per heavy atom. The Balaban J connectivity index is 4.18. The first-order valence-corrected chi connectivity index (χ1v) is 6.21. The van der Waals surface area contributed by atoms with E-state index in [0.29, 0.717) is 6.42 Å². The van der Waals surface area contributed by atoms with Gasteiger partial charge in [-0.25, -0.2) is 8.42 Å². The largest absolute Gasteiger partial charge is 0.212 e. The predicted octanol–water partition coefficient (Wildman–Crippen LogP) is 1.25. The van der Waals surface area contributed by atoms with Gasteiger partial charge < -0.3 is 0 Å². The van der Waals surface area contributed by atoms with Crippen LogP contribution in [-0.4, -0.2) is 20.2 Å². The standard InChI is InChI=1S/C9H18N2O2S/c1-8(7-10)11-14(12,13)6-5-9(2,3)4/h8,11H,5-6H2,1-4H3. The second kappa shape index (κ2) is 4.76. The molecule has 0 amide bonds. The number of nitriles is 1. The van der Waals surface area contributed by atoms with E-state index in [-0.39, 0.29) is 11.2 Å². The van der Waals surface area contributed by atoms with E-state index in [9.17, 15) is 8.42 Å². The van der Waals surface area contributed by atoms with Crippen molar-refractivity contribution in [1.29, 1.82) is 5.26 Å². The zero-order chi connectivity index (χ0) is 11.4. The summed E-state index contributed by atoms with van der Waals surface area (Å²) in [4.78, 5) is 0. The number of sulfonamides is 1. The fraction of sp³-hybridized carbons (Fsp3) is 0.889. The maximum atomic E-state index is 11.4. The van der Waals surface area contributed by atoms with Gasteiger partial charge in [-0.15, -0.1) is 0 Å². The monoisotopic (exact) mass is 218 g/mol. The molecule has 0 bridgehead atoms. The van der Waals surface area contributed by atoms with E-state index in [2.05, 4.69) is 4.72 Å². The molecule has 0 aliphatic carbocycles. The van der Waals surface area contributed by atoms with Crippen LogP contribution in [0.5, 0.6) is 0 Å². The van der Waals surface area contributed by atoms with E-state index in [1.807, 2.05) is 26.8 Å². The zero-order valence-electron chi connectivity index (χ0n) is 9.16. The SMILES string of the molecule is CC(C#N)NS(=O)(=O)CCC(C)(C)C. The quantitative estimate of drug-likeness (QED) is 0.772. The average Bonchev–Trinajstić information content (AvgIpc) is 1.99. The molecule has 0 aromatic rings. The van der Waals surface area contributed by atoms with Crippen LogP contribution >= 0.6 is 0 Å². The van der Waals surface area contributed by atoms with E-state index in [4.69, 9.17) is 5.26 Å². The fourth-order valence-electron chi connectivity index (χ4n) is 0.795. The molecule has 0 heterocycles. The number of rotatable bonds is 4. The van der Waals surface area contributed by atoms with Crippen molar-refractivity contribution in [2.24, 2.45) is 5.41 Å². The molecule has 0 fully saturated rings. The summed E-state index contributed by atoms with van der Waals surface area (Å²) in [5.41, 5.74) is -0.00929. The van der Waals surface area contributed by atoms with Crippen molar-refractivity contribution in [2.75, 3.05) is 5.75 Å². The lowest BCUT2D eigenvalue weighted by molar-refractivity contribution is 0.396. The molecule has 1 unspecified atom stereocenters. The predicted molar refractivity (Wildman–Crippen MR) is 56.1 cm³/mol. The van der Waals surface area contributed by atoms with Gasteiger partial charge >= 0.3 is 0 Å². The first kappa shape index (κ1) is 13.4. The minimum atomic E-state index is -3.30. The molecule has 0 saturated heterocycles. The molecule has 0 aromatic carbocycles. The van der Waals surface area contributed by atoms with Gasteiger partial charge in [-0.3, -0.25) is 0 Å². The van der Waals surface area contributed by atoms with Gasteiger partial charge in [-0.1, -0.05) is 20.8 Å². The van der Waals surface area contributed by atoms with Crippen LogP contribution < -0.4 is 4.72 Å². The number of nitrogens with one attached hydrogen (secondary N) is 1. The Bertz CT molecular complexity index is 309. The van der Waals surface area contributed by atoms with Crippen molar-refractivity contribution < 1.29 is 8.42 Å². The third-order valence-corrected chi connectivity index (χ3v) is 3.13. The second-order valence-corrected chi connectivity index (χ2v) is 6.47. The van der Waals surface area contributed by atoms with Crippen LogP contribution in [0.1, 0.15) is 34.1 Å². The highest BCUT2D eigenvalue weighted by atomic mass is 32.2. The molecule has 82 valence electrons. The lowest BCUT2D eigenvalue weighted by Crippen LogP contribution is -2.34. The summed E-state index contributed by atoms with van der Waals surface area (Å²) in [6, 6.07) is 1.18. The van der Waals surface area contributed by atoms with Gasteiger partial charge in [0.1, 0.15) is 6.04 Å². The summed E-state index contributed by atoms with van der Waals surface area (Å²) >= 11 is 0. The van der Waals surface area contributed by atoms with Crippen molar-refractivity contribution >= 4 is 10.0 Å². The highest BCUT2D eigenvalue weighted by Crippen LogP contribution is 2.18. The molecule has 1 atom stereocenters. The minimum Gasteiger partial charge on any atom is -0.212 e. The molecule has 0 aliphatic heterocycles.